The molecular weight excluding hydrogens is 278 g/mol. The van der Waals surface area contributed by atoms with Gasteiger partial charge >= 0.3 is 0 Å². The van der Waals surface area contributed by atoms with Crippen LogP contribution in [0.3, 0.4) is 0 Å². The van der Waals surface area contributed by atoms with Crippen LogP contribution in [-0.4, -0.2) is 47.9 Å². The second-order valence-corrected chi connectivity index (χ2v) is 6.74. The van der Waals surface area contributed by atoms with Crippen LogP contribution in [0.25, 0.3) is 0 Å². The molecule has 2 amide bonds. The fourth-order valence-corrected chi connectivity index (χ4v) is 2.61. The van der Waals surface area contributed by atoms with Crippen LogP contribution in [0.2, 0.25) is 0 Å². The van der Waals surface area contributed by atoms with E-state index in [0.717, 1.165) is 6.54 Å². The maximum absolute atomic E-state index is 12.5. The fourth-order valence-electron chi connectivity index (χ4n) is 2.61. The highest BCUT2D eigenvalue weighted by atomic mass is 16.2. The molecule has 1 fully saturated rings. The van der Waals surface area contributed by atoms with Crippen molar-refractivity contribution in [2.45, 2.75) is 39.3 Å². The minimum Gasteiger partial charge on any atom is -0.350 e. The molecule has 0 aromatic heterocycles. The van der Waals surface area contributed by atoms with Crippen LogP contribution in [-0.2, 0) is 0 Å². The zero-order valence-electron chi connectivity index (χ0n) is 13.8. The summed E-state index contributed by atoms with van der Waals surface area (Å²) >= 11 is 0. The summed E-state index contributed by atoms with van der Waals surface area (Å²) in [4.78, 5) is 26.3. The highest BCUT2D eigenvalue weighted by Gasteiger charge is 2.29. The summed E-state index contributed by atoms with van der Waals surface area (Å²) in [6, 6.07) is 6.97. The number of piperazine rings is 1. The van der Waals surface area contributed by atoms with E-state index in [9.17, 15) is 9.59 Å². The van der Waals surface area contributed by atoms with Gasteiger partial charge in [-0.3, -0.25) is 9.59 Å². The largest absolute Gasteiger partial charge is 0.350 e. The Morgan fingerprint density at radius 3 is 2.32 bits per heavy atom. The predicted octanol–water partition coefficient (Wildman–Crippen LogP) is 1.65. The van der Waals surface area contributed by atoms with E-state index in [1.54, 1.807) is 24.3 Å². The van der Waals surface area contributed by atoms with Crippen molar-refractivity contribution in [2.24, 2.45) is 0 Å². The maximum Gasteiger partial charge on any atom is 0.253 e. The van der Waals surface area contributed by atoms with E-state index < -0.39 is 0 Å². The first-order valence-electron chi connectivity index (χ1n) is 7.74. The average Bonchev–Trinajstić information content (AvgIpc) is 2.45. The summed E-state index contributed by atoms with van der Waals surface area (Å²) < 4.78 is 0. The number of carbonyl (C=O) groups is 2. The third kappa shape index (κ3) is 4.07. The molecule has 1 heterocycles. The van der Waals surface area contributed by atoms with Crippen LogP contribution in [0, 0.1) is 0 Å². The fraction of sp³-hybridized carbons (Fsp3) is 0.529. The zero-order valence-corrected chi connectivity index (χ0v) is 13.8. The van der Waals surface area contributed by atoms with Crippen LogP contribution >= 0.6 is 0 Å². The van der Waals surface area contributed by atoms with E-state index in [1.807, 2.05) is 18.7 Å². The highest BCUT2D eigenvalue weighted by molar-refractivity contribution is 5.98. The lowest BCUT2D eigenvalue weighted by atomic mass is 10.0. The summed E-state index contributed by atoms with van der Waals surface area (Å²) in [6.45, 7) is 10.2. The van der Waals surface area contributed by atoms with Crippen molar-refractivity contribution in [3.63, 3.8) is 0 Å². The molecule has 1 saturated heterocycles. The number of nitrogens with one attached hydrogen (secondary N) is 2. The molecule has 0 radical (unpaired) electrons. The minimum atomic E-state index is -0.114. The molecule has 0 unspecified atom stereocenters. The molecule has 1 aromatic rings. The Balaban J connectivity index is 2.06. The van der Waals surface area contributed by atoms with Crippen molar-refractivity contribution >= 4 is 11.8 Å². The Hall–Kier alpha value is -1.88. The van der Waals surface area contributed by atoms with Gasteiger partial charge in [-0.1, -0.05) is 0 Å². The number of benzene rings is 1. The van der Waals surface area contributed by atoms with Crippen LogP contribution in [0.4, 0.5) is 0 Å². The molecule has 1 aliphatic rings. The molecule has 0 saturated carbocycles. The third-order valence-corrected chi connectivity index (χ3v) is 3.67. The molecule has 0 aliphatic carbocycles. The Kier molecular flexibility index (Phi) is 4.86. The summed E-state index contributed by atoms with van der Waals surface area (Å²) in [7, 11) is 0. The second kappa shape index (κ2) is 6.48. The molecule has 120 valence electrons. The molecule has 0 spiro atoms. The monoisotopic (exact) mass is 303 g/mol. The molecule has 0 atom stereocenters. The van der Waals surface area contributed by atoms with E-state index in [0.29, 0.717) is 24.2 Å². The number of amides is 2. The molecule has 1 aromatic carbocycles. The molecule has 22 heavy (non-hydrogen) atoms. The average molecular weight is 303 g/mol. The van der Waals surface area contributed by atoms with Gasteiger partial charge in [0.1, 0.15) is 0 Å². The smallest absolute Gasteiger partial charge is 0.253 e. The van der Waals surface area contributed by atoms with E-state index >= 15 is 0 Å². The van der Waals surface area contributed by atoms with Crippen LogP contribution in [0.1, 0.15) is 48.4 Å². The summed E-state index contributed by atoms with van der Waals surface area (Å²) in [5, 5.41) is 6.23. The molecule has 2 rings (SSSR count). The first-order valence-corrected chi connectivity index (χ1v) is 7.74. The number of hydrogen-bond donors (Lipinski definition) is 2. The van der Waals surface area contributed by atoms with Gasteiger partial charge in [-0.25, -0.2) is 0 Å². The van der Waals surface area contributed by atoms with Gasteiger partial charge in [-0.15, -0.1) is 0 Å². The van der Waals surface area contributed by atoms with Crippen molar-refractivity contribution in [3.05, 3.63) is 35.4 Å². The predicted molar refractivity (Wildman–Crippen MR) is 87.0 cm³/mol. The lowest BCUT2D eigenvalue weighted by molar-refractivity contribution is 0.0652. The van der Waals surface area contributed by atoms with E-state index in [4.69, 9.17) is 0 Å². The summed E-state index contributed by atoms with van der Waals surface area (Å²) in [5.41, 5.74) is 1.13. The van der Waals surface area contributed by atoms with Crippen LogP contribution in [0.15, 0.2) is 24.3 Å². The number of rotatable bonds is 3. The quantitative estimate of drug-likeness (QED) is 0.892. The van der Waals surface area contributed by atoms with Crippen molar-refractivity contribution in [1.82, 2.24) is 15.5 Å². The summed E-state index contributed by atoms with van der Waals surface area (Å²) in [6.07, 6.45) is 0. The normalized spacial score (nSPS) is 17.4. The van der Waals surface area contributed by atoms with E-state index in [1.165, 1.54) is 0 Å². The van der Waals surface area contributed by atoms with Gasteiger partial charge in [-0.05, 0) is 52.0 Å². The molecule has 5 nitrogen and oxygen atoms in total. The Morgan fingerprint density at radius 1 is 1.18 bits per heavy atom. The molecule has 5 heteroatoms. The molecule has 0 bridgehead atoms. The second-order valence-electron chi connectivity index (χ2n) is 6.74. The topological polar surface area (TPSA) is 61.4 Å². The van der Waals surface area contributed by atoms with Gasteiger partial charge in [0.2, 0.25) is 0 Å². The Morgan fingerprint density at radius 2 is 1.77 bits per heavy atom. The highest BCUT2D eigenvalue weighted by Crippen LogP contribution is 2.14. The zero-order chi connectivity index (χ0) is 16.3. The third-order valence-electron chi connectivity index (χ3n) is 3.67. The minimum absolute atomic E-state index is 0.0189. The standard InChI is InChI=1S/C17H25N3O2/c1-12(2)19-15(21)13-5-7-14(8-6-13)16(22)20-10-9-18-17(3,4)11-20/h5-8,12,18H,9-11H2,1-4H3,(H,19,21). The van der Waals surface area contributed by atoms with Crippen molar-refractivity contribution in [3.8, 4) is 0 Å². The van der Waals surface area contributed by atoms with Gasteiger partial charge < -0.3 is 15.5 Å². The maximum atomic E-state index is 12.5. The number of carbonyl (C=O) groups excluding carboxylic acids is 2. The molecule has 2 N–H and O–H groups in total. The number of hydrogen-bond acceptors (Lipinski definition) is 3. The summed E-state index contributed by atoms with van der Waals surface area (Å²) in [5.74, 6) is -0.0947. The van der Waals surface area contributed by atoms with Crippen molar-refractivity contribution < 1.29 is 9.59 Å². The molecular formula is C17H25N3O2. The first-order chi connectivity index (χ1) is 10.3. The Bertz CT molecular complexity index is 550. The van der Waals surface area contributed by atoms with Gasteiger partial charge in [-0.2, -0.15) is 0 Å². The SMILES string of the molecule is CC(C)NC(=O)c1ccc(C(=O)N2CCNC(C)(C)C2)cc1. The van der Waals surface area contributed by atoms with E-state index in [-0.39, 0.29) is 23.4 Å². The van der Waals surface area contributed by atoms with Gasteiger partial charge in [0.05, 0.1) is 0 Å². The van der Waals surface area contributed by atoms with Gasteiger partial charge in [0.15, 0.2) is 0 Å². The van der Waals surface area contributed by atoms with Crippen LogP contribution in [0.5, 0.6) is 0 Å². The molecule has 1 aliphatic heterocycles. The van der Waals surface area contributed by atoms with Crippen molar-refractivity contribution in [1.29, 1.82) is 0 Å². The van der Waals surface area contributed by atoms with Crippen molar-refractivity contribution in [2.75, 3.05) is 19.6 Å². The first kappa shape index (κ1) is 16.5. The Labute approximate surface area is 132 Å². The number of nitrogens with zero attached hydrogens (tertiary/aromatic N) is 1. The van der Waals surface area contributed by atoms with Gasteiger partial charge in [0.25, 0.3) is 11.8 Å². The van der Waals surface area contributed by atoms with E-state index in [2.05, 4.69) is 24.5 Å². The lowest BCUT2D eigenvalue weighted by Crippen LogP contribution is -2.58. The van der Waals surface area contributed by atoms with Crippen LogP contribution < -0.4 is 10.6 Å². The van der Waals surface area contributed by atoms with Gasteiger partial charge in [0, 0.05) is 42.3 Å². The lowest BCUT2D eigenvalue weighted by Gasteiger charge is -2.39.